The van der Waals surface area contributed by atoms with E-state index in [4.69, 9.17) is 0 Å². The molecule has 0 aromatic carbocycles. The molecule has 0 aliphatic carbocycles. The molecule has 1 amide bonds. The predicted molar refractivity (Wildman–Crippen MR) is 58.4 cm³/mol. The van der Waals surface area contributed by atoms with Crippen LogP contribution >= 0.6 is 0 Å². The summed E-state index contributed by atoms with van der Waals surface area (Å²) in [5, 5.41) is 12.1. The van der Waals surface area contributed by atoms with E-state index < -0.39 is 6.10 Å². The Morgan fingerprint density at radius 3 is 2.27 bits per heavy atom. The first kappa shape index (κ1) is 14.1. The number of nitrogens with one attached hydrogen (secondary N) is 1. The highest BCUT2D eigenvalue weighted by molar-refractivity contribution is 5.96. The van der Waals surface area contributed by atoms with E-state index in [1.54, 1.807) is 0 Å². The van der Waals surface area contributed by atoms with Crippen LogP contribution in [-0.4, -0.2) is 29.4 Å². The van der Waals surface area contributed by atoms with Crippen molar-refractivity contribution in [1.29, 1.82) is 0 Å². The van der Waals surface area contributed by atoms with E-state index in [0.29, 0.717) is 6.42 Å². The Labute approximate surface area is 91.1 Å². The van der Waals surface area contributed by atoms with Crippen molar-refractivity contribution in [2.75, 3.05) is 6.54 Å². The maximum atomic E-state index is 11.1. The first-order chi connectivity index (χ1) is 6.70. The molecular weight excluding hydrogens is 194 g/mol. The molecule has 0 rings (SSSR count). The monoisotopic (exact) mass is 215 g/mol. The predicted octanol–water partition coefficient (Wildman–Crippen LogP) is 0.879. The zero-order chi connectivity index (χ0) is 12.1. The maximum absolute atomic E-state index is 11.1. The maximum Gasteiger partial charge on any atom is 0.227 e. The minimum Gasteiger partial charge on any atom is -0.391 e. The molecule has 0 aliphatic rings. The standard InChI is InChI=1S/C11H21NO3/c1-8(13)5-10(15)12-7-9(14)6-11(2,3)4/h9,14H,5-7H2,1-4H3,(H,12,15). The van der Waals surface area contributed by atoms with E-state index in [1.807, 2.05) is 20.8 Å². The van der Waals surface area contributed by atoms with E-state index in [-0.39, 0.29) is 30.1 Å². The number of hydrogen-bond acceptors (Lipinski definition) is 3. The van der Waals surface area contributed by atoms with Crippen molar-refractivity contribution in [2.45, 2.75) is 46.6 Å². The van der Waals surface area contributed by atoms with Gasteiger partial charge in [-0.05, 0) is 18.8 Å². The van der Waals surface area contributed by atoms with Gasteiger partial charge < -0.3 is 10.4 Å². The van der Waals surface area contributed by atoms with Gasteiger partial charge in [-0.25, -0.2) is 0 Å². The fourth-order valence-corrected chi connectivity index (χ4v) is 1.30. The highest BCUT2D eigenvalue weighted by Crippen LogP contribution is 2.20. The largest absolute Gasteiger partial charge is 0.391 e. The van der Waals surface area contributed by atoms with Crippen molar-refractivity contribution in [1.82, 2.24) is 5.32 Å². The van der Waals surface area contributed by atoms with Crippen LogP contribution in [0.1, 0.15) is 40.5 Å². The van der Waals surface area contributed by atoms with Gasteiger partial charge in [0.1, 0.15) is 5.78 Å². The smallest absolute Gasteiger partial charge is 0.227 e. The van der Waals surface area contributed by atoms with Gasteiger partial charge in [-0.15, -0.1) is 0 Å². The summed E-state index contributed by atoms with van der Waals surface area (Å²) in [6.45, 7) is 7.64. The van der Waals surface area contributed by atoms with Crippen molar-refractivity contribution in [3.05, 3.63) is 0 Å². The first-order valence-corrected chi connectivity index (χ1v) is 5.15. The summed E-state index contributed by atoms with van der Waals surface area (Å²) in [5.41, 5.74) is 0.0325. The highest BCUT2D eigenvalue weighted by atomic mass is 16.3. The van der Waals surface area contributed by atoms with Crippen molar-refractivity contribution in [3.8, 4) is 0 Å². The van der Waals surface area contributed by atoms with Crippen LogP contribution in [-0.2, 0) is 9.59 Å². The molecule has 88 valence electrons. The third-order valence-electron chi connectivity index (χ3n) is 1.79. The van der Waals surface area contributed by atoms with Gasteiger partial charge in [0.25, 0.3) is 0 Å². The van der Waals surface area contributed by atoms with Gasteiger partial charge in [-0.2, -0.15) is 0 Å². The normalized spacial score (nSPS) is 13.4. The van der Waals surface area contributed by atoms with Crippen LogP contribution < -0.4 is 5.32 Å². The molecular formula is C11H21NO3. The van der Waals surface area contributed by atoms with Gasteiger partial charge in [-0.1, -0.05) is 20.8 Å². The first-order valence-electron chi connectivity index (χ1n) is 5.15. The van der Waals surface area contributed by atoms with E-state index in [9.17, 15) is 14.7 Å². The Hall–Kier alpha value is -0.900. The zero-order valence-electron chi connectivity index (χ0n) is 9.96. The summed E-state index contributed by atoms with van der Waals surface area (Å²) >= 11 is 0. The Balaban J connectivity index is 3.76. The van der Waals surface area contributed by atoms with Crippen molar-refractivity contribution >= 4 is 11.7 Å². The number of ketones is 1. The third-order valence-corrected chi connectivity index (χ3v) is 1.79. The average molecular weight is 215 g/mol. The third kappa shape index (κ3) is 9.41. The molecule has 0 fully saturated rings. The summed E-state index contributed by atoms with van der Waals surface area (Å²) in [4.78, 5) is 21.7. The minimum absolute atomic E-state index is 0.0325. The number of Topliss-reactive ketones (excluding diaryl/α,β-unsaturated/α-hetero) is 1. The number of carbonyl (C=O) groups excluding carboxylic acids is 2. The summed E-state index contributed by atoms with van der Waals surface area (Å²) in [7, 11) is 0. The van der Waals surface area contributed by atoms with Gasteiger partial charge >= 0.3 is 0 Å². The minimum atomic E-state index is -0.555. The molecule has 0 heterocycles. The molecule has 0 aliphatic heterocycles. The molecule has 0 radical (unpaired) electrons. The van der Waals surface area contributed by atoms with Crippen LogP contribution in [0.4, 0.5) is 0 Å². The molecule has 15 heavy (non-hydrogen) atoms. The number of aliphatic hydroxyl groups excluding tert-OH is 1. The molecule has 0 saturated heterocycles. The summed E-state index contributed by atoms with van der Waals surface area (Å²) in [6, 6.07) is 0. The van der Waals surface area contributed by atoms with Crippen molar-refractivity contribution in [2.24, 2.45) is 5.41 Å². The lowest BCUT2D eigenvalue weighted by atomic mass is 9.89. The molecule has 0 spiro atoms. The Morgan fingerprint density at radius 1 is 1.33 bits per heavy atom. The van der Waals surface area contributed by atoms with Crippen LogP contribution in [0.5, 0.6) is 0 Å². The van der Waals surface area contributed by atoms with Crippen molar-refractivity contribution in [3.63, 3.8) is 0 Å². The van der Waals surface area contributed by atoms with E-state index in [0.717, 1.165) is 0 Å². The van der Waals surface area contributed by atoms with Gasteiger partial charge in [0.05, 0.1) is 12.5 Å². The topological polar surface area (TPSA) is 66.4 Å². The number of rotatable bonds is 5. The van der Waals surface area contributed by atoms with Crippen LogP contribution in [0.15, 0.2) is 0 Å². The van der Waals surface area contributed by atoms with Gasteiger partial charge in [0.15, 0.2) is 0 Å². The van der Waals surface area contributed by atoms with Crippen LogP contribution in [0, 0.1) is 5.41 Å². The molecule has 0 aromatic heterocycles. The fourth-order valence-electron chi connectivity index (χ4n) is 1.30. The van der Waals surface area contributed by atoms with Crippen LogP contribution in [0.3, 0.4) is 0 Å². The number of aliphatic hydroxyl groups is 1. The molecule has 2 N–H and O–H groups in total. The lowest BCUT2D eigenvalue weighted by molar-refractivity contribution is -0.127. The lowest BCUT2D eigenvalue weighted by Gasteiger charge is -2.22. The summed E-state index contributed by atoms with van der Waals surface area (Å²) in [5.74, 6) is -0.492. The highest BCUT2D eigenvalue weighted by Gasteiger charge is 2.17. The Kier molecular flexibility index (Phi) is 5.50. The molecule has 0 aromatic rings. The van der Waals surface area contributed by atoms with Gasteiger partial charge in [0, 0.05) is 6.54 Å². The average Bonchev–Trinajstić information content (AvgIpc) is 1.96. The number of amides is 1. The summed E-state index contributed by atoms with van der Waals surface area (Å²) in [6.07, 6.45) is -0.0452. The number of carbonyl (C=O) groups is 2. The van der Waals surface area contributed by atoms with Gasteiger partial charge in [-0.3, -0.25) is 9.59 Å². The number of hydrogen-bond donors (Lipinski definition) is 2. The SMILES string of the molecule is CC(=O)CC(=O)NCC(O)CC(C)(C)C. The molecule has 4 nitrogen and oxygen atoms in total. The van der Waals surface area contributed by atoms with E-state index in [1.165, 1.54) is 6.92 Å². The second-order valence-electron chi connectivity index (χ2n) is 5.10. The van der Waals surface area contributed by atoms with E-state index >= 15 is 0 Å². The van der Waals surface area contributed by atoms with Gasteiger partial charge in [0.2, 0.25) is 5.91 Å². The second kappa shape index (κ2) is 5.85. The molecule has 0 saturated carbocycles. The fraction of sp³-hybridized carbons (Fsp3) is 0.818. The van der Waals surface area contributed by atoms with Crippen molar-refractivity contribution < 1.29 is 14.7 Å². The lowest BCUT2D eigenvalue weighted by Crippen LogP contribution is -2.34. The van der Waals surface area contributed by atoms with Crippen LogP contribution in [0.25, 0.3) is 0 Å². The Morgan fingerprint density at radius 2 is 1.87 bits per heavy atom. The quantitative estimate of drug-likeness (QED) is 0.669. The molecule has 1 atom stereocenters. The Bertz CT molecular complexity index is 230. The molecule has 0 bridgehead atoms. The second-order valence-corrected chi connectivity index (χ2v) is 5.10. The zero-order valence-corrected chi connectivity index (χ0v) is 9.96. The van der Waals surface area contributed by atoms with Crippen LogP contribution in [0.2, 0.25) is 0 Å². The summed E-state index contributed by atoms with van der Waals surface area (Å²) < 4.78 is 0. The molecule has 4 heteroatoms. The molecule has 1 unspecified atom stereocenters. The van der Waals surface area contributed by atoms with E-state index in [2.05, 4.69) is 5.32 Å².